The largest absolute Gasteiger partial charge is 0.335 e. The SMILES string of the molecule is Cc1nc(C)nc(NC(=O)NS(=O)(=O)C2=CC=CC(C)C2=S)n1. The lowest BCUT2D eigenvalue weighted by molar-refractivity contribution is 0.256. The Morgan fingerprint density at radius 2 is 1.83 bits per heavy atom. The number of amides is 2. The predicted octanol–water partition coefficient (Wildman–Crippen LogP) is 1.40. The lowest BCUT2D eigenvalue weighted by Crippen LogP contribution is -2.38. The Bertz CT molecular complexity index is 810. The van der Waals surface area contributed by atoms with Gasteiger partial charge in [-0.25, -0.2) is 22.9 Å². The van der Waals surface area contributed by atoms with Crippen LogP contribution in [0.2, 0.25) is 0 Å². The van der Waals surface area contributed by atoms with E-state index in [-0.39, 0.29) is 21.6 Å². The summed E-state index contributed by atoms with van der Waals surface area (Å²) in [4.78, 5) is 23.8. The van der Waals surface area contributed by atoms with E-state index in [4.69, 9.17) is 12.2 Å². The molecule has 1 aliphatic carbocycles. The maximum absolute atomic E-state index is 12.3. The first-order valence-electron chi connectivity index (χ1n) is 6.65. The molecule has 2 rings (SSSR count). The fourth-order valence-corrected chi connectivity index (χ4v) is 3.49. The minimum Gasteiger partial charge on any atom is -0.275 e. The van der Waals surface area contributed by atoms with Gasteiger partial charge in [-0.05, 0) is 19.9 Å². The van der Waals surface area contributed by atoms with Crippen molar-refractivity contribution in [1.29, 1.82) is 0 Å². The molecule has 0 bridgehead atoms. The third-order valence-electron chi connectivity index (χ3n) is 2.90. The summed E-state index contributed by atoms with van der Waals surface area (Å²) < 4.78 is 26.4. The summed E-state index contributed by atoms with van der Waals surface area (Å²) in [7, 11) is -4.07. The van der Waals surface area contributed by atoms with Crippen molar-refractivity contribution in [1.82, 2.24) is 19.7 Å². The van der Waals surface area contributed by atoms with Crippen LogP contribution < -0.4 is 10.0 Å². The topological polar surface area (TPSA) is 114 Å². The average Bonchev–Trinajstić information content (AvgIpc) is 2.39. The van der Waals surface area contributed by atoms with Gasteiger partial charge in [0.05, 0.1) is 0 Å². The number of aromatic nitrogens is 3. The Kier molecular flexibility index (Phi) is 4.85. The molecular weight excluding hydrogens is 338 g/mol. The number of thiocarbonyl (C=S) groups is 1. The molecule has 0 fully saturated rings. The molecule has 0 saturated carbocycles. The second kappa shape index (κ2) is 6.50. The summed E-state index contributed by atoms with van der Waals surface area (Å²) in [5.74, 6) is 0.589. The Labute approximate surface area is 139 Å². The van der Waals surface area contributed by atoms with E-state index in [0.717, 1.165) is 0 Å². The van der Waals surface area contributed by atoms with Crippen molar-refractivity contribution in [2.24, 2.45) is 5.92 Å². The van der Waals surface area contributed by atoms with Gasteiger partial charge in [-0.15, -0.1) is 0 Å². The van der Waals surface area contributed by atoms with E-state index < -0.39 is 16.1 Å². The summed E-state index contributed by atoms with van der Waals surface area (Å²) in [6.07, 6.45) is 4.72. The fraction of sp³-hybridized carbons (Fsp3) is 0.308. The number of nitrogens with one attached hydrogen (secondary N) is 2. The van der Waals surface area contributed by atoms with Crippen molar-refractivity contribution in [2.45, 2.75) is 20.8 Å². The van der Waals surface area contributed by atoms with Crippen molar-refractivity contribution in [2.75, 3.05) is 5.32 Å². The van der Waals surface area contributed by atoms with Crippen LogP contribution in [-0.4, -0.2) is 34.3 Å². The van der Waals surface area contributed by atoms with E-state index in [1.807, 2.05) is 4.72 Å². The molecule has 0 spiro atoms. The zero-order chi connectivity index (χ0) is 17.2. The molecule has 1 aliphatic rings. The number of carbonyl (C=O) groups is 1. The molecule has 0 saturated heterocycles. The van der Waals surface area contributed by atoms with Crippen molar-refractivity contribution < 1.29 is 13.2 Å². The van der Waals surface area contributed by atoms with Gasteiger partial charge in [-0.1, -0.05) is 31.3 Å². The first-order valence-corrected chi connectivity index (χ1v) is 8.54. The number of allylic oxidation sites excluding steroid dienone is 4. The van der Waals surface area contributed by atoms with Crippen molar-refractivity contribution in [3.8, 4) is 0 Å². The second-order valence-electron chi connectivity index (χ2n) is 4.88. The Morgan fingerprint density at radius 3 is 2.43 bits per heavy atom. The van der Waals surface area contributed by atoms with Crippen molar-refractivity contribution in [3.05, 3.63) is 34.8 Å². The minimum atomic E-state index is -4.07. The molecule has 8 nitrogen and oxygen atoms in total. The summed E-state index contributed by atoms with van der Waals surface area (Å²) >= 11 is 5.11. The van der Waals surface area contributed by atoms with Crippen molar-refractivity contribution in [3.63, 3.8) is 0 Å². The molecule has 0 aromatic carbocycles. The molecule has 1 aromatic heterocycles. The highest BCUT2D eigenvalue weighted by Gasteiger charge is 2.27. The summed E-state index contributed by atoms with van der Waals surface area (Å²) in [5, 5.41) is 2.26. The molecule has 1 unspecified atom stereocenters. The highest BCUT2D eigenvalue weighted by atomic mass is 32.2. The highest BCUT2D eigenvalue weighted by molar-refractivity contribution is 7.97. The van der Waals surface area contributed by atoms with Crippen LogP contribution in [0.1, 0.15) is 18.6 Å². The minimum absolute atomic E-state index is 0.0313. The Morgan fingerprint density at radius 1 is 1.22 bits per heavy atom. The van der Waals surface area contributed by atoms with E-state index in [1.165, 1.54) is 6.08 Å². The van der Waals surface area contributed by atoms with Gasteiger partial charge in [-0.3, -0.25) is 5.32 Å². The maximum Gasteiger partial charge on any atom is 0.335 e. The van der Waals surface area contributed by atoms with Gasteiger partial charge in [0.25, 0.3) is 10.0 Å². The molecule has 1 atom stereocenters. The van der Waals surface area contributed by atoms with E-state index in [9.17, 15) is 13.2 Å². The molecule has 2 N–H and O–H groups in total. The molecule has 23 heavy (non-hydrogen) atoms. The van der Waals surface area contributed by atoms with Crippen LogP contribution in [0.3, 0.4) is 0 Å². The summed E-state index contributed by atoms with van der Waals surface area (Å²) in [6.45, 7) is 5.04. The third-order valence-corrected chi connectivity index (χ3v) is 5.01. The number of nitrogens with zero attached hydrogens (tertiary/aromatic N) is 3. The highest BCUT2D eigenvalue weighted by Crippen LogP contribution is 2.20. The number of urea groups is 1. The number of sulfonamides is 1. The number of aryl methyl sites for hydroxylation is 2. The first kappa shape index (κ1) is 17.2. The zero-order valence-corrected chi connectivity index (χ0v) is 14.3. The quantitative estimate of drug-likeness (QED) is 0.789. The summed E-state index contributed by atoms with van der Waals surface area (Å²) in [6, 6.07) is -0.971. The van der Waals surface area contributed by atoms with Crippen LogP contribution in [0, 0.1) is 19.8 Å². The van der Waals surface area contributed by atoms with Gasteiger partial charge in [-0.2, -0.15) is 9.97 Å². The third kappa shape index (κ3) is 4.17. The van der Waals surface area contributed by atoms with Crippen LogP contribution in [0.15, 0.2) is 23.1 Å². The Balaban J connectivity index is 2.14. The average molecular weight is 353 g/mol. The van der Waals surface area contributed by atoms with Gasteiger partial charge in [0.15, 0.2) is 0 Å². The summed E-state index contributed by atoms with van der Waals surface area (Å²) in [5.41, 5.74) is 0. The molecule has 10 heteroatoms. The van der Waals surface area contributed by atoms with E-state index in [0.29, 0.717) is 11.6 Å². The Hall–Kier alpha value is -2.20. The fourth-order valence-electron chi connectivity index (χ4n) is 1.90. The zero-order valence-electron chi connectivity index (χ0n) is 12.7. The van der Waals surface area contributed by atoms with Crippen LogP contribution >= 0.6 is 12.2 Å². The van der Waals surface area contributed by atoms with Gasteiger partial charge < -0.3 is 0 Å². The molecule has 0 aliphatic heterocycles. The van der Waals surface area contributed by atoms with Crippen LogP contribution in [0.5, 0.6) is 0 Å². The monoisotopic (exact) mass is 353 g/mol. The van der Waals surface area contributed by atoms with Crippen molar-refractivity contribution >= 4 is 39.1 Å². The van der Waals surface area contributed by atoms with E-state index in [1.54, 1.807) is 32.9 Å². The molecule has 2 amide bonds. The molecule has 1 aromatic rings. The smallest absolute Gasteiger partial charge is 0.275 e. The molecule has 1 heterocycles. The number of hydrogen-bond donors (Lipinski definition) is 2. The number of rotatable bonds is 3. The van der Waals surface area contributed by atoms with Crippen LogP contribution in [0.25, 0.3) is 0 Å². The normalized spacial score (nSPS) is 17.6. The molecule has 0 radical (unpaired) electrons. The van der Waals surface area contributed by atoms with Gasteiger partial charge >= 0.3 is 6.03 Å². The van der Waals surface area contributed by atoms with E-state index >= 15 is 0 Å². The lowest BCUT2D eigenvalue weighted by Gasteiger charge is -2.17. The van der Waals surface area contributed by atoms with Crippen LogP contribution in [0.4, 0.5) is 10.7 Å². The van der Waals surface area contributed by atoms with E-state index in [2.05, 4.69) is 20.3 Å². The number of hydrogen-bond acceptors (Lipinski definition) is 7. The molecule has 122 valence electrons. The lowest BCUT2D eigenvalue weighted by atomic mass is 10.0. The number of carbonyl (C=O) groups excluding carboxylic acids is 1. The standard InChI is InChI=1S/C13H15N5O3S2/c1-7-5-4-6-10(11(7)22)23(20,21)18-13(19)17-12-15-8(2)14-9(3)16-12/h4-7H,1-3H3,(H2,14,15,16,17,18,19). The number of anilines is 1. The molecular formula is C13H15N5O3S2. The van der Waals surface area contributed by atoms with Gasteiger partial charge in [0.1, 0.15) is 16.6 Å². The maximum atomic E-state index is 12.3. The predicted molar refractivity (Wildman–Crippen MR) is 89.4 cm³/mol. The van der Waals surface area contributed by atoms with Crippen LogP contribution in [-0.2, 0) is 10.0 Å². The van der Waals surface area contributed by atoms with Gasteiger partial charge in [0, 0.05) is 10.8 Å². The second-order valence-corrected chi connectivity index (χ2v) is 6.97. The van der Waals surface area contributed by atoms with Gasteiger partial charge in [0.2, 0.25) is 5.95 Å². The first-order chi connectivity index (χ1) is 10.7.